The number of amides is 2. The first kappa shape index (κ1) is 24.1. The van der Waals surface area contributed by atoms with Crippen molar-refractivity contribution >= 4 is 35.0 Å². The van der Waals surface area contributed by atoms with E-state index in [1.165, 1.54) is 37.4 Å². The molecule has 0 aromatic heterocycles. The van der Waals surface area contributed by atoms with Crippen molar-refractivity contribution < 1.29 is 33.5 Å². The van der Waals surface area contributed by atoms with E-state index in [0.717, 1.165) is 6.07 Å². The molecule has 0 fully saturated rings. The lowest BCUT2D eigenvalue weighted by atomic mass is 10.2. The maximum Gasteiger partial charge on any atom is 0.412 e. The zero-order valence-corrected chi connectivity index (χ0v) is 18.0. The highest BCUT2D eigenvalue weighted by Gasteiger charge is 2.18. The summed E-state index contributed by atoms with van der Waals surface area (Å²) in [7, 11) is 1.30. The molecule has 0 aliphatic rings. The summed E-state index contributed by atoms with van der Waals surface area (Å²) in [6.45, 7) is 4.55. The van der Waals surface area contributed by atoms with Gasteiger partial charge >= 0.3 is 12.1 Å². The van der Waals surface area contributed by atoms with Crippen molar-refractivity contribution in [3.8, 4) is 5.75 Å². The quantitative estimate of drug-likeness (QED) is 0.372. The highest BCUT2D eigenvalue weighted by Crippen LogP contribution is 2.28. The van der Waals surface area contributed by atoms with Crippen molar-refractivity contribution in [3.05, 3.63) is 58.1 Å². The van der Waals surface area contributed by atoms with Gasteiger partial charge in [0.2, 0.25) is 0 Å². The van der Waals surface area contributed by atoms with Gasteiger partial charge in [0.15, 0.2) is 6.61 Å². The molecule has 11 nitrogen and oxygen atoms in total. The van der Waals surface area contributed by atoms with Gasteiger partial charge in [-0.2, -0.15) is 0 Å². The Hall–Kier alpha value is -4.15. The van der Waals surface area contributed by atoms with Crippen LogP contribution in [0.5, 0.6) is 5.75 Å². The molecule has 0 radical (unpaired) electrons. The molecule has 0 heterocycles. The highest BCUT2D eigenvalue weighted by atomic mass is 16.6. The second-order valence-corrected chi connectivity index (χ2v) is 7.47. The number of nitro benzene ring substituents is 1. The smallest absolute Gasteiger partial charge is 0.412 e. The van der Waals surface area contributed by atoms with Gasteiger partial charge in [-0.15, -0.1) is 0 Å². The van der Waals surface area contributed by atoms with E-state index >= 15 is 0 Å². The Bertz CT molecular complexity index is 1030. The maximum absolute atomic E-state index is 12.3. The third-order valence-electron chi connectivity index (χ3n) is 3.75. The molecule has 2 rings (SSSR count). The van der Waals surface area contributed by atoms with E-state index in [4.69, 9.17) is 14.2 Å². The van der Waals surface area contributed by atoms with Crippen LogP contribution < -0.4 is 15.4 Å². The number of hydrogen-bond acceptors (Lipinski definition) is 8. The molecule has 0 bridgehead atoms. The fourth-order valence-corrected chi connectivity index (χ4v) is 2.44. The van der Waals surface area contributed by atoms with E-state index < -0.39 is 35.1 Å². The highest BCUT2D eigenvalue weighted by molar-refractivity contribution is 5.97. The maximum atomic E-state index is 12.3. The molecule has 170 valence electrons. The van der Waals surface area contributed by atoms with E-state index in [2.05, 4.69) is 10.6 Å². The van der Waals surface area contributed by atoms with Crippen LogP contribution >= 0.6 is 0 Å². The minimum atomic E-state index is -0.788. The van der Waals surface area contributed by atoms with Crippen LogP contribution in [0, 0.1) is 10.1 Å². The van der Waals surface area contributed by atoms with E-state index in [-0.39, 0.29) is 22.7 Å². The average molecular weight is 445 g/mol. The van der Waals surface area contributed by atoms with Gasteiger partial charge in [0, 0.05) is 11.8 Å². The van der Waals surface area contributed by atoms with E-state index in [9.17, 15) is 24.5 Å². The van der Waals surface area contributed by atoms with Crippen LogP contribution in [0.1, 0.15) is 31.1 Å². The predicted molar refractivity (Wildman–Crippen MR) is 115 cm³/mol. The Labute approximate surface area is 183 Å². The van der Waals surface area contributed by atoms with Gasteiger partial charge < -0.3 is 19.5 Å². The first-order chi connectivity index (χ1) is 15.0. The van der Waals surface area contributed by atoms with Crippen molar-refractivity contribution in [2.45, 2.75) is 26.4 Å². The molecule has 0 saturated carbocycles. The fourth-order valence-electron chi connectivity index (χ4n) is 2.44. The Morgan fingerprint density at radius 2 is 1.78 bits per heavy atom. The van der Waals surface area contributed by atoms with Crippen LogP contribution in [0.2, 0.25) is 0 Å². The fraction of sp³-hybridized carbons (Fsp3) is 0.286. The van der Waals surface area contributed by atoms with Gasteiger partial charge in [0.1, 0.15) is 11.4 Å². The molecule has 0 unspecified atom stereocenters. The van der Waals surface area contributed by atoms with Gasteiger partial charge in [-0.25, -0.2) is 9.59 Å². The average Bonchev–Trinajstić information content (AvgIpc) is 2.70. The number of anilines is 2. The number of benzene rings is 2. The number of nitrogens with one attached hydrogen (secondary N) is 2. The lowest BCUT2D eigenvalue weighted by molar-refractivity contribution is -0.384. The van der Waals surface area contributed by atoms with Gasteiger partial charge in [-0.1, -0.05) is 6.07 Å². The predicted octanol–water partition coefficient (Wildman–Crippen LogP) is 3.75. The van der Waals surface area contributed by atoms with Crippen LogP contribution in [0.25, 0.3) is 0 Å². The van der Waals surface area contributed by atoms with Crippen molar-refractivity contribution in [2.24, 2.45) is 0 Å². The molecule has 0 aliphatic heterocycles. The molecular weight excluding hydrogens is 422 g/mol. The lowest BCUT2D eigenvalue weighted by Crippen LogP contribution is -2.27. The summed E-state index contributed by atoms with van der Waals surface area (Å²) >= 11 is 0. The molecule has 2 aromatic carbocycles. The number of methoxy groups -OCH3 is 1. The number of nitro groups is 1. The number of rotatable bonds is 7. The van der Waals surface area contributed by atoms with Gasteiger partial charge in [0.05, 0.1) is 29.4 Å². The summed E-state index contributed by atoms with van der Waals surface area (Å²) < 4.78 is 15.2. The Morgan fingerprint density at radius 3 is 2.41 bits per heavy atom. The van der Waals surface area contributed by atoms with Gasteiger partial charge in [-0.05, 0) is 45.0 Å². The van der Waals surface area contributed by atoms with E-state index in [1.54, 1.807) is 26.8 Å². The van der Waals surface area contributed by atoms with Crippen LogP contribution in [-0.2, 0) is 14.3 Å². The first-order valence-electron chi connectivity index (χ1n) is 9.38. The molecule has 11 heteroatoms. The third kappa shape index (κ3) is 7.27. The Kier molecular flexibility index (Phi) is 7.72. The van der Waals surface area contributed by atoms with Crippen LogP contribution in [-0.4, -0.2) is 42.2 Å². The van der Waals surface area contributed by atoms with E-state index in [0.29, 0.717) is 5.69 Å². The molecule has 32 heavy (non-hydrogen) atoms. The Balaban J connectivity index is 1.96. The number of carbonyl (C=O) groups is 3. The molecule has 2 aromatic rings. The van der Waals surface area contributed by atoms with E-state index in [1.807, 2.05) is 0 Å². The summed E-state index contributed by atoms with van der Waals surface area (Å²) in [6, 6.07) is 9.60. The van der Waals surface area contributed by atoms with Crippen molar-refractivity contribution in [1.82, 2.24) is 0 Å². The third-order valence-corrected chi connectivity index (χ3v) is 3.75. The summed E-state index contributed by atoms with van der Waals surface area (Å²) in [5, 5.41) is 15.8. The number of hydrogen-bond donors (Lipinski definition) is 2. The van der Waals surface area contributed by atoms with Crippen LogP contribution in [0.3, 0.4) is 0 Å². The number of nitrogens with zero attached hydrogens (tertiary/aromatic N) is 1. The summed E-state index contributed by atoms with van der Waals surface area (Å²) in [5.41, 5.74) is -0.276. The second-order valence-electron chi connectivity index (χ2n) is 7.47. The van der Waals surface area contributed by atoms with Crippen molar-refractivity contribution in [1.29, 1.82) is 0 Å². The minimum absolute atomic E-state index is 0.0831. The standard InChI is InChI=1S/C21H23N3O8/c1-21(2,3)32-20(27)22-14-7-5-6-13(10-14)19(26)31-12-18(25)23-16-9-8-15(24(28)29)11-17(16)30-4/h5-11H,12H2,1-4H3,(H,22,27)(H,23,25). The molecule has 0 atom stereocenters. The zero-order chi connectivity index (χ0) is 23.9. The number of ether oxygens (including phenoxy) is 3. The summed E-state index contributed by atoms with van der Waals surface area (Å²) in [4.78, 5) is 46.5. The molecular formula is C21H23N3O8. The SMILES string of the molecule is COc1cc([N+](=O)[O-])ccc1NC(=O)COC(=O)c1cccc(NC(=O)OC(C)(C)C)c1. The van der Waals surface area contributed by atoms with Crippen molar-refractivity contribution in [3.63, 3.8) is 0 Å². The van der Waals surface area contributed by atoms with Crippen molar-refractivity contribution in [2.75, 3.05) is 24.4 Å². The van der Waals surface area contributed by atoms with Gasteiger partial charge in [-0.3, -0.25) is 20.2 Å². The van der Waals surface area contributed by atoms with Gasteiger partial charge in [0.25, 0.3) is 11.6 Å². The molecule has 0 saturated heterocycles. The number of carbonyl (C=O) groups excluding carboxylic acids is 3. The molecule has 0 aliphatic carbocycles. The molecule has 2 N–H and O–H groups in total. The number of non-ortho nitro benzene ring substituents is 1. The summed E-state index contributed by atoms with van der Waals surface area (Å²) in [6.07, 6.45) is -0.681. The van der Waals surface area contributed by atoms with Crippen LogP contribution in [0.4, 0.5) is 21.9 Å². The monoisotopic (exact) mass is 445 g/mol. The Morgan fingerprint density at radius 1 is 1.06 bits per heavy atom. The second kappa shape index (κ2) is 10.2. The lowest BCUT2D eigenvalue weighted by Gasteiger charge is -2.19. The summed E-state index contributed by atoms with van der Waals surface area (Å²) in [5.74, 6) is -1.38. The molecule has 0 spiro atoms. The molecule has 2 amide bonds. The zero-order valence-electron chi connectivity index (χ0n) is 18.0. The minimum Gasteiger partial charge on any atom is -0.494 e. The van der Waals surface area contributed by atoms with Crippen LogP contribution in [0.15, 0.2) is 42.5 Å². The number of esters is 1. The normalized spacial score (nSPS) is 10.6. The first-order valence-corrected chi connectivity index (χ1v) is 9.38. The topological polar surface area (TPSA) is 146 Å². The largest absolute Gasteiger partial charge is 0.494 e.